The molecule has 0 unspecified atom stereocenters. The monoisotopic (exact) mass is 365 g/mol. The molecule has 27 heavy (non-hydrogen) atoms. The van der Waals surface area contributed by atoms with Gasteiger partial charge in [-0.15, -0.1) is 0 Å². The number of rotatable bonds is 4. The number of nitrogens with zero attached hydrogens (tertiary/aromatic N) is 1. The van der Waals surface area contributed by atoms with Crippen LogP contribution in [0, 0.1) is 11.3 Å². The lowest BCUT2D eigenvalue weighted by atomic mass is 9.74. The van der Waals surface area contributed by atoms with Gasteiger partial charge in [-0.2, -0.15) is 0 Å². The molecule has 140 valence electrons. The standard InChI is InChI=1S/C22H23NO4/c1-22(2,20(24)25)14-11-23(12-14)21(26)27-13-19-17-9-5-3-7-15(17)16-8-4-6-10-18(16)19/h3-10,14,19H,11-13H2,1-2H3,(H,24,25). The molecule has 1 saturated heterocycles. The van der Waals surface area contributed by atoms with Crippen molar-refractivity contribution in [2.24, 2.45) is 11.3 Å². The second kappa shape index (κ2) is 6.41. The van der Waals surface area contributed by atoms with Crippen molar-refractivity contribution in [3.63, 3.8) is 0 Å². The van der Waals surface area contributed by atoms with Gasteiger partial charge in [0.05, 0.1) is 5.41 Å². The fourth-order valence-electron chi connectivity index (χ4n) is 3.94. The Morgan fingerprint density at radius 1 is 1.04 bits per heavy atom. The maximum atomic E-state index is 12.4. The molecule has 5 heteroatoms. The van der Waals surface area contributed by atoms with E-state index in [0.717, 1.165) is 0 Å². The zero-order valence-corrected chi connectivity index (χ0v) is 15.5. The molecule has 1 aliphatic carbocycles. The van der Waals surface area contributed by atoms with Crippen LogP contribution in [0.1, 0.15) is 30.9 Å². The van der Waals surface area contributed by atoms with Crippen LogP contribution in [0.3, 0.4) is 0 Å². The van der Waals surface area contributed by atoms with E-state index in [-0.39, 0.29) is 24.5 Å². The lowest BCUT2D eigenvalue weighted by molar-refractivity contribution is -0.153. The van der Waals surface area contributed by atoms with Crippen LogP contribution in [0.5, 0.6) is 0 Å². The first-order chi connectivity index (χ1) is 12.9. The second-order valence-corrected chi connectivity index (χ2v) is 7.93. The highest BCUT2D eigenvalue weighted by Crippen LogP contribution is 2.44. The molecule has 1 heterocycles. The van der Waals surface area contributed by atoms with E-state index in [1.807, 2.05) is 24.3 Å². The van der Waals surface area contributed by atoms with Crippen molar-refractivity contribution < 1.29 is 19.4 Å². The first-order valence-corrected chi connectivity index (χ1v) is 9.23. The SMILES string of the molecule is CC(C)(C(=O)O)C1CN(C(=O)OCC2c3ccccc3-c3ccccc32)C1. The highest BCUT2D eigenvalue weighted by Gasteiger charge is 2.46. The minimum absolute atomic E-state index is 0.0360. The zero-order chi connectivity index (χ0) is 19.2. The molecule has 1 aliphatic heterocycles. The van der Waals surface area contributed by atoms with E-state index in [1.165, 1.54) is 22.3 Å². The van der Waals surface area contributed by atoms with Gasteiger partial charge in [0.1, 0.15) is 6.61 Å². The number of ether oxygens (including phenoxy) is 1. The third kappa shape index (κ3) is 2.87. The molecule has 2 aromatic rings. The van der Waals surface area contributed by atoms with Crippen LogP contribution < -0.4 is 0 Å². The lowest BCUT2D eigenvalue weighted by Gasteiger charge is -2.44. The molecule has 0 atom stereocenters. The predicted molar refractivity (Wildman–Crippen MR) is 102 cm³/mol. The van der Waals surface area contributed by atoms with E-state index in [4.69, 9.17) is 4.74 Å². The molecule has 2 aliphatic rings. The molecule has 0 saturated carbocycles. The van der Waals surface area contributed by atoms with Crippen molar-refractivity contribution in [3.8, 4) is 11.1 Å². The Morgan fingerprint density at radius 3 is 2.07 bits per heavy atom. The van der Waals surface area contributed by atoms with Crippen LogP contribution in [0.15, 0.2) is 48.5 Å². The van der Waals surface area contributed by atoms with Crippen molar-refractivity contribution in [1.82, 2.24) is 4.90 Å². The first-order valence-electron chi connectivity index (χ1n) is 9.23. The number of carboxylic acids is 1. The van der Waals surface area contributed by atoms with Crippen LogP contribution in [-0.2, 0) is 9.53 Å². The summed E-state index contributed by atoms with van der Waals surface area (Å²) >= 11 is 0. The summed E-state index contributed by atoms with van der Waals surface area (Å²) in [5, 5.41) is 9.30. The van der Waals surface area contributed by atoms with Gasteiger partial charge in [-0.05, 0) is 36.1 Å². The average molecular weight is 365 g/mol. The minimum atomic E-state index is -0.834. The summed E-state index contributed by atoms with van der Waals surface area (Å²) in [6.07, 6.45) is -0.366. The van der Waals surface area contributed by atoms with Crippen molar-refractivity contribution in [3.05, 3.63) is 59.7 Å². The van der Waals surface area contributed by atoms with E-state index in [2.05, 4.69) is 24.3 Å². The van der Waals surface area contributed by atoms with Crippen LogP contribution in [0.2, 0.25) is 0 Å². The molecule has 0 aromatic heterocycles. The number of benzene rings is 2. The minimum Gasteiger partial charge on any atom is -0.481 e. The number of hydrogen-bond acceptors (Lipinski definition) is 3. The topological polar surface area (TPSA) is 66.8 Å². The van der Waals surface area contributed by atoms with Crippen LogP contribution in [-0.4, -0.2) is 41.8 Å². The Hall–Kier alpha value is -2.82. The normalized spacial score (nSPS) is 16.4. The number of hydrogen-bond donors (Lipinski definition) is 1. The van der Waals surface area contributed by atoms with E-state index in [0.29, 0.717) is 13.1 Å². The van der Waals surface area contributed by atoms with Gasteiger partial charge < -0.3 is 14.7 Å². The van der Waals surface area contributed by atoms with E-state index >= 15 is 0 Å². The van der Waals surface area contributed by atoms with E-state index in [1.54, 1.807) is 18.7 Å². The molecular formula is C22H23NO4. The van der Waals surface area contributed by atoms with E-state index in [9.17, 15) is 14.7 Å². The van der Waals surface area contributed by atoms with Crippen LogP contribution in [0.4, 0.5) is 4.79 Å². The van der Waals surface area contributed by atoms with Gasteiger partial charge in [-0.1, -0.05) is 48.5 Å². The Balaban J connectivity index is 1.42. The number of carboxylic acid groups (broad SMARTS) is 1. The Labute approximate surface area is 158 Å². The number of carbonyl (C=O) groups excluding carboxylic acids is 1. The number of fused-ring (bicyclic) bond motifs is 3. The molecule has 0 radical (unpaired) electrons. The number of carbonyl (C=O) groups is 2. The summed E-state index contributed by atoms with van der Waals surface area (Å²) < 4.78 is 5.60. The van der Waals surface area contributed by atoms with Crippen molar-refractivity contribution in [2.45, 2.75) is 19.8 Å². The van der Waals surface area contributed by atoms with Gasteiger partial charge in [-0.3, -0.25) is 4.79 Å². The summed E-state index contributed by atoms with van der Waals surface area (Å²) in [7, 11) is 0. The van der Waals surface area contributed by atoms with Crippen LogP contribution in [0.25, 0.3) is 11.1 Å². The number of likely N-dealkylation sites (tertiary alicyclic amines) is 1. The van der Waals surface area contributed by atoms with Crippen molar-refractivity contribution in [2.75, 3.05) is 19.7 Å². The van der Waals surface area contributed by atoms with Gasteiger partial charge in [0.2, 0.25) is 0 Å². The number of amides is 1. The molecule has 0 spiro atoms. The Morgan fingerprint density at radius 2 is 1.56 bits per heavy atom. The fourth-order valence-corrected chi connectivity index (χ4v) is 3.94. The van der Waals surface area contributed by atoms with Crippen LogP contribution >= 0.6 is 0 Å². The zero-order valence-electron chi connectivity index (χ0n) is 15.5. The molecule has 5 nitrogen and oxygen atoms in total. The summed E-state index contributed by atoms with van der Waals surface area (Å²) in [5.74, 6) is -0.843. The highest BCUT2D eigenvalue weighted by molar-refractivity contribution is 5.79. The van der Waals surface area contributed by atoms with Gasteiger partial charge >= 0.3 is 12.1 Å². The second-order valence-electron chi connectivity index (χ2n) is 7.93. The molecule has 1 fully saturated rings. The third-order valence-corrected chi connectivity index (χ3v) is 6.05. The Bertz CT molecular complexity index is 853. The maximum absolute atomic E-state index is 12.4. The fraction of sp³-hybridized carbons (Fsp3) is 0.364. The molecule has 0 bridgehead atoms. The van der Waals surface area contributed by atoms with E-state index < -0.39 is 11.4 Å². The largest absolute Gasteiger partial charge is 0.481 e. The van der Waals surface area contributed by atoms with Gasteiger partial charge in [0.25, 0.3) is 0 Å². The number of aliphatic carboxylic acids is 1. The van der Waals surface area contributed by atoms with Crippen molar-refractivity contribution >= 4 is 12.1 Å². The summed E-state index contributed by atoms with van der Waals surface area (Å²) in [4.78, 5) is 25.3. The quantitative estimate of drug-likeness (QED) is 0.890. The highest BCUT2D eigenvalue weighted by atomic mass is 16.6. The average Bonchev–Trinajstić information content (AvgIpc) is 2.92. The smallest absolute Gasteiger partial charge is 0.409 e. The van der Waals surface area contributed by atoms with Gasteiger partial charge in [0.15, 0.2) is 0 Å². The molecular weight excluding hydrogens is 342 g/mol. The summed E-state index contributed by atoms with van der Waals surface area (Å²) in [6, 6.07) is 16.4. The lowest BCUT2D eigenvalue weighted by Crippen LogP contribution is -2.57. The van der Waals surface area contributed by atoms with Gasteiger partial charge in [0, 0.05) is 24.9 Å². The first kappa shape index (κ1) is 17.6. The summed E-state index contributed by atoms with van der Waals surface area (Å²) in [5.41, 5.74) is 3.92. The molecule has 2 aromatic carbocycles. The molecule has 4 rings (SSSR count). The molecule has 1 N–H and O–H groups in total. The van der Waals surface area contributed by atoms with Gasteiger partial charge in [-0.25, -0.2) is 4.79 Å². The molecule has 1 amide bonds. The predicted octanol–water partition coefficient (Wildman–Crippen LogP) is 3.98. The summed E-state index contributed by atoms with van der Waals surface area (Å²) in [6.45, 7) is 4.55. The maximum Gasteiger partial charge on any atom is 0.409 e. The third-order valence-electron chi connectivity index (χ3n) is 6.05. The Kier molecular flexibility index (Phi) is 4.17. The van der Waals surface area contributed by atoms with Crippen molar-refractivity contribution in [1.29, 1.82) is 0 Å².